The second-order valence-corrected chi connectivity index (χ2v) is 7.00. The summed E-state index contributed by atoms with van der Waals surface area (Å²) >= 11 is 0. The maximum atomic E-state index is 12.2. The first kappa shape index (κ1) is 21.5. The van der Waals surface area contributed by atoms with E-state index in [1.165, 1.54) is 0 Å². The number of halogens is 1. The number of aliphatic hydroxyl groups excluding tert-OH is 1. The summed E-state index contributed by atoms with van der Waals surface area (Å²) in [5, 5.41) is 19.0. The van der Waals surface area contributed by atoms with E-state index in [9.17, 15) is 4.79 Å². The van der Waals surface area contributed by atoms with Crippen molar-refractivity contribution in [2.45, 2.75) is 64.5 Å². The lowest BCUT2D eigenvalue weighted by Crippen LogP contribution is -2.47. The topological polar surface area (TPSA) is 85.8 Å². The summed E-state index contributed by atoms with van der Waals surface area (Å²) in [7, 11) is 0. The Morgan fingerprint density at radius 3 is 2.58 bits per heavy atom. The summed E-state index contributed by atoms with van der Waals surface area (Å²) in [5.74, 6) is 1.31. The van der Waals surface area contributed by atoms with Crippen molar-refractivity contribution in [1.29, 1.82) is 0 Å². The first-order chi connectivity index (χ1) is 11.1. The molecule has 7 heteroatoms. The van der Waals surface area contributed by atoms with Gasteiger partial charge in [0.05, 0.1) is 0 Å². The van der Waals surface area contributed by atoms with Crippen molar-refractivity contribution in [1.82, 2.24) is 16.0 Å². The Hall–Kier alpha value is -0.570. The first-order valence-electron chi connectivity index (χ1n) is 9.08. The highest BCUT2D eigenvalue weighted by Crippen LogP contribution is 2.26. The van der Waals surface area contributed by atoms with Crippen LogP contribution in [-0.2, 0) is 4.79 Å². The fourth-order valence-electron chi connectivity index (χ4n) is 2.92. The predicted octanol–water partition coefficient (Wildman–Crippen LogP) is 1.63. The fourth-order valence-corrected chi connectivity index (χ4v) is 2.92. The second kappa shape index (κ2) is 11.1. The molecule has 2 aliphatic carbocycles. The number of hydrogen-bond acceptors (Lipinski definition) is 3. The monoisotopic (exact) mass is 452 g/mol. The molecule has 0 saturated heterocycles. The predicted molar refractivity (Wildman–Crippen MR) is 108 cm³/mol. The van der Waals surface area contributed by atoms with Gasteiger partial charge in [-0.05, 0) is 44.9 Å². The van der Waals surface area contributed by atoms with Crippen LogP contribution in [-0.4, -0.2) is 48.8 Å². The van der Waals surface area contributed by atoms with E-state index in [-0.39, 0.29) is 48.3 Å². The van der Waals surface area contributed by atoms with Crippen molar-refractivity contribution < 1.29 is 9.90 Å². The van der Waals surface area contributed by atoms with Crippen molar-refractivity contribution in [3.63, 3.8) is 0 Å². The van der Waals surface area contributed by atoms with Crippen LogP contribution in [0.2, 0.25) is 0 Å². The van der Waals surface area contributed by atoms with Crippen LogP contribution in [0.1, 0.15) is 52.4 Å². The summed E-state index contributed by atoms with van der Waals surface area (Å²) in [6, 6.07) is 0.732. The SMILES string of the molecule is CCNC(=NCC(C)CO)NC1CCCC(C(=O)NC2CC2)C1.I. The Kier molecular flexibility index (Phi) is 9.95. The molecule has 0 bridgehead atoms. The highest BCUT2D eigenvalue weighted by molar-refractivity contribution is 14.0. The standard InChI is InChI=1S/C17H32N4O2.HI/c1-3-18-17(19-10-12(2)11-22)21-15-6-4-5-13(9-15)16(23)20-14-7-8-14;/h12-15,22H,3-11H2,1-2H3,(H,20,23)(H2,18,19,21);1H. The minimum Gasteiger partial charge on any atom is -0.396 e. The van der Waals surface area contributed by atoms with Crippen LogP contribution in [0.15, 0.2) is 4.99 Å². The van der Waals surface area contributed by atoms with Gasteiger partial charge in [-0.25, -0.2) is 0 Å². The maximum Gasteiger partial charge on any atom is 0.223 e. The van der Waals surface area contributed by atoms with Gasteiger partial charge < -0.3 is 21.1 Å². The number of rotatable bonds is 7. The Balaban J connectivity index is 0.00000288. The quantitative estimate of drug-likeness (QED) is 0.269. The number of guanidine groups is 1. The van der Waals surface area contributed by atoms with E-state index in [4.69, 9.17) is 5.11 Å². The van der Waals surface area contributed by atoms with E-state index in [0.717, 1.165) is 51.0 Å². The highest BCUT2D eigenvalue weighted by Gasteiger charge is 2.31. The van der Waals surface area contributed by atoms with Crippen molar-refractivity contribution in [2.75, 3.05) is 19.7 Å². The molecule has 140 valence electrons. The van der Waals surface area contributed by atoms with Gasteiger partial charge in [-0.3, -0.25) is 9.79 Å². The molecule has 2 fully saturated rings. The van der Waals surface area contributed by atoms with Gasteiger partial charge in [-0.1, -0.05) is 13.3 Å². The minimum atomic E-state index is 0. The van der Waals surface area contributed by atoms with Gasteiger partial charge >= 0.3 is 0 Å². The molecule has 2 saturated carbocycles. The van der Waals surface area contributed by atoms with Gasteiger partial charge in [0.1, 0.15) is 0 Å². The van der Waals surface area contributed by atoms with Crippen LogP contribution in [0.25, 0.3) is 0 Å². The van der Waals surface area contributed by atoms with Gasteiger partial charge in [-0.15, -0.1) is 24.0 Å². The van der Waals surface area contributed by atoms with E-state index >= 15 is 0 Å². The van der Waals surface area contributed by atoms with E-state index in [0.29, 0.717) is 18.6 Å². The Bertz CT molecular complexity index is 415. The normalized spacial score (nSPS) is 25.4. The number of aliphatic imine (C=N–C) groups is 1. The summed E-state index contributed by atoms with van der Waals surface area (Å²) in [6.45, 7) is 5.57. The largest absolute Gasteiger partial charge is 0.396 e. The number of nitrogens with zero attached hydrogens (tertiary/aromatic N) is 1. The van der Waals surface area contributed by atoms with Crippen molar-refractivity contribution in [3.05, 3.63) is 0 Å². The van der Waals surface area contributed by atoms with E-state index in [2.05, 4.69) is 20.9 Å². The third-order valence-electron chi connectivity index (χ3n) is 4.53. The van der Waals surface area contributed by atoms with Gasteiger partial charge in [0, 0.05) is 37.7 Å². The Morgan fingerprint density at radius 1 is 1.21 bits per heavy atom. The molecule has 6 nitrogen and oxygen atoms in total. The number of aliphatic hydroxyl groups is 1. The molecule has 0 aromatic rings. The fraction of sp³-hybridized carbons (Fsp3) is 0.882. The lowest BCUT2D eigenvalue weighted by atomic mass is 9.85. The van der Waals surface area contributed by atoms with Crippen LogP contribution < -0.4 is 16.0 Å². The smallest absolute Gasteiger partial charge is 0.223 e. The van der Waals surface area contributed by atoms with Crippen LogP contribution >= 0.6 is 24.0 Å². The molecular formula is C17H33IN4O2. The molecule has 0 radical (unpaired) electrons. The van der Waals surface area contributed by atoms with Gasteiger partial charge in [0.15, 0.2) is 5.96 Å². The van der Waals surface area contributed by atoms with Crippen LogP contribution in [0.3, 0.4) is 0 Å². The van der Waals surface area contributed by atoms with E-state index in [1.807, 2.05) is 13.8 Å². The zero-order chi connectivity index (χ0) is 16.7. The molecule has 0 aromatic carbocycles. The minimum absolute atomic E-state index is 0. The molecule has 1 amide bonds. The number of amides is 1. The maximum absolute atomic E-state index is 12.2. The lowest BCUT2D eigenvalue weighted by Gasteiger charge is -2.30. The lowest BCUT2D eigenvalue weighted by molar-refractivity contribution is -0.126. The molecule has 24 heavy (non-hydrogen) atoms. The third-order valence-corrected chi connectivity index (χ3v) is 4.53. The molecule has 4 N–H and O–H groups in total. The Morgan fingerprint density at radius 2 is 1.96 bits per heavy atom. The van der Waals surface area contributed by atoms with Crippen molar-refractivity contribution >= 4 is 35.8 Å². The second-order valence-electron chi connectivity index (χ2n) is 7.00. The molecule has 3 atom stereocenters. The van der Waals surface area contributed by atoms with Crippen molar-refractivity contribution in [2.24, 2.45) is 16.8 Å². The molecule has 0 aliphatic heterocycles. The zero-order valence-electron chi connectivity index (χ0n) is 14.9. The number of carbonyl (C=O) groups is 1. The Labute approximate surface area is 162 Å². The number of carbonyl (C=O) groups excluding carboxylic acids is 1. The summed E-state index contributed by atoms with van der Waals surface area (Å²) in [5.41, 5.74) is 0. The number of hydrogen-bond donors (Lipinski definition) is 4. The van der Waals surface area contributed by atoms with E-state index < -0.39 is 0 Å². The number of nitrogens with one attached hydrogen (secondary N) is 3. The summed E-state index contributed by atoms with van der Waals surface area (Å²) in [6.07, 6.45) is 6.30. The third kappa shape index (κ3) is 7.55. The molecule has 0 spiro atoms. The van der Waals surface area contributed by atoms with Crippen LogP contribution in [0, 0.1) is 11.8 Å². The zero-order valence-corrected chi connectivity index (χ0v) is 17.2. The average Bonchev–Trinajstić information content (AvgIpc) is 3.36. The molecule has 2 rings (SSSR count). The first-order valence-corrected chi connectivity index (χ1v) is 9.08. The van der Waals surface area contributed by atoms with Crippen molar-refractivity contribution in [3.8, 4) is 0 Å². The van der Waals surface area contributed by atoms with Crippen LogP contribution in [0.4, 0.5) is 0 Å². The summed E-state index contributed by atoms with van der Waals surface area (Å²) in [4.78, 5) is 16.8. The average molecular weight is 452 g/mol. The highest BCUT2D eigenvalue weighted by atomic mass is 127. The molecule has 0 aromatic heterocycles. The van der Waals surface area contributed by atoms with Gasteiger partial charge in [0.2, 0.25) is 5.91 Å². The van der Waals surface area contributed by atoms with Gasteiger partial charge in [-0.2, -0.15) is 0 Å². The van der Waals surface area contributed by atoms with Gasteiger partial charge in [0.25, 0.3) is 0 Å². The van der Waals surface area contributed by atoms with E-state index in [1.54, 1.807) is 0 Å². The molecule has 0 heterocycles. The summed E-state index contributed by atoms with van der Waals surface area (Å²) < 4.78 is 0. The molecule has 3 unspecified atom stereocenters. The molecule has 2 aliphatic rings. The molecular weight excluding hydrogens is 419 g/mol. The van der Waals surface area contributed by atoms with Crippen LogP contribution in [0.5, 0.6) is 0 Å².